The number of nitrogens with zero attached hydrogens (tertiary/aromatic N) is 4. The minimum absolute atomic E-state index is 0.0488. The van der Waals surface area contributed by atoms with Crippen molar-refractivity contribution in [3.05, 3.63) is 33.8 Å². The van der Waals surface area contributed by atoms with Crippen molar-refractivity contribution in [1.29, 1.82) is 0 Å². The summed E-state index contributed by atoms with van der Waals surface area (Å²) in [5.74, 6) is -1.10. The number of hydrogen-bond acceptors (Lipinski definition) is 6. The van der Waals surface area contributed by atoms with Crippen LogP contribution in [0.25, 0.3) is 11.7 Å². The van der Waals surface area contributed by atoms with E-state index < -0.39 is 17.3 Å². The summed E-state index contributed by atoms with van der Waals surface area (Å²) in [4.78, 5) is 40.1. The molecule has 0 radical (unpaired) electrons. The largest absolute Gasteiger partial charge is 0.492 e. The highest BCUT2D eigenvalue weighted by Crippen LogP contribution is 2.23. The third-order valence-electron chi connectivity index (χ3n) is 5.43. The van der Waals surface area contributed by atoms with Gasteiger partial charge in [-0.2, -0.15) is 9.61 Å². The molecular formula is C21H28N6O4. The fraction of sp³-hybridized carbons (Fsp3) is 0.524. The minimum atomic E-state index is -0.592. The molecule has 10 heteroatoms. The number of fused-ring (bicyclic) bond motifs is 1. The second-order valence-electron chi connectivity index (χ2n) is 8.50. The van der Waals surface area contributed by atoms with Crippen LogP contribution in [0.4, 0.5) is 0 Å². The molecule has 31 heavy (non-hydrogen) atoms. The standard InChI is InChI=1S/C21H28N6O4/c1-13(2)12-26-19-14(3-6-16(28)25-9-7-22-8-10-25)11-23-27(19)21(31)17(20(26)30)18(29)24-15-4-5-15/h3,6,11,13,15,22,31H,4-5,7-10,12H2,1-2H3,(H,24,29)/b6-3+. The molecule has 2 amide bonds. The van der Waals surface area contributed by atoms with Gasteiger partial charge in [0.15, 0.2) is 5.56 Å². The van der Waals surface area contributed by atoms with Crippen LogP contribution in [0.15, 0.2) is 17.1 Å². The van der Waals surface area contributed by atoms with Gasteiger partial charge in [0.05, 0.1) is 6.20 Å². The van der Waals surface area contributed by atoms with Crippen LogP contribution in [0.1, 0.15) is 42.6 Å². The van der Waals surface area contributed by atoms with E-state index in [9.17, 15) is 19.5 Å². The lowest BCUT2D eigenvalue weighted by Crippen LogP contribution is -2.45. The Morgan fingerprint density at radius 3 is 2.68 bits per heavy atom. The second kappa shape index (κ2) is 8.54. The molecular weight excluding hydrogens is 400 g/mol. The summed E-state index contributed by atoms with van der Waals surface area (Å²) in [6.07, 6.45) is 6.28. The van der Waals surface area contributed by atoms with E-state index in [0.29, 0.717) is 30.8 Å². The molecule has 0 atom stereocenters. The van der Waals surface area contributed by atoms with E-state index in [4.69, 9.17) is 0 Å². The Hall–Kier alpha value is -3.14. The van der Waals surface area contributed by atoms with Gasteiger partial charge < -0.3 is 20.6 Å². The topological polar surface area (TPSA) is 121 Å². The molecule has 1 saturated heterocycles. The normalized spacial score (nSPS) is 17.1. The van der Waals surface area contributed by atoms with Gasteiger partial charge in [0, 0.05) is 50.4 Å². The van der Waals surface area contributed by atoms with Gasteiger partial charge in [0.1, 0.15) is 5.65 Å². The minimum Gasteiger partial charge on any atom is -0.492 e. The molecule has 10 nitrogen and oxygen atoms in total. The summed E-state index contributed by atoms with van der Waals surface area (Å²) in [5.41, 5.74) is -0.00905. The van der Waals surface area contributed by atoms with Gasteiger partial charge in [-0.1, -0.05) is 13.8 Å². The Bertz CT molecular complexity index is 1090. The van der Waals surface area contributed by atoms with Gasteiger partial charge in [-0.05, 0) is 24.8 Å². The molecule has 2 aromatic heterocycles. The molecule has 1 aliphatic heterocycles. The van der Waals surface area contributed by atoms with Crippen LogP contribution >= 0.6 is 0 Å². The average Bonchev–Trinajstić information content (AvgIpc) is 3.45. The highest BCUT2D eigenvalue weighted by atomic mass is 16.3. The van der Waals surface area contributed by atoms with E-state index >= 15 is 0 Å². The van der Waals surface area contributed by atoms with E-state index in [2.05, 4.69) is 15.7 Å². The molecule has 0 spiro atoms. The van der Waals surface area contributed by atoms with Gasteiger partial charge in [-0.25, -0.2) is 0 Å². The molecule has 4 rings (SSSR count). The van der Waals surface area contributed by atoms with Gasteiger partial charge in [-0.15, -0.1) is 0 Å². The van der Waals surface area contributed by atoms with Crippen molar-refractivity contribution in [3.8, 4) is 5.88 Å². The number of carbonyl (C=O) groups is 2. The van der Waals surface area contributed by atoms with E-state index in [1.165, 1.54) is 21.4 Å². The van der Waals surface area contributed by atoms with Crippen LogP contribution in [0, 0.1) is 5.92 Å². The number of aromatic nitrogens is 3. The van der Waals surface area contributed by atoms with Crippen molar-refractivity contribution in [2.45, 2.75) is 39.3 Å². The summed E-state index contributed by atoms with van der Waals surface area (Å²) in [6.45, 7) is 7.03. The van der Waals surface area contributed by atoms with Crippen LogP contribution in [0.3, 0.4) is 0 Å². The van der Waals surface area contributed by atoms with Crippen molar-refractivity contribution < 1.29 is 14.7 Å². The summed E-state index contributed by atoms with van der Waals surface area (Å²) >= 11 is 0. The molecule has 0 bridgehead atoms. The van der Waals surface area contributed by atoms with Gasteiger partial charge in [-0.3, -0.25) is 19.0 Å². The Balaban J connectivity index is 1.75. The average molecular weight is 428 g/mol. The number of nitrogens with one attached hydrogen (secondary N) is 2. The summed E-state index contributed by atoms with van der Waals surface area (Å²) in [5, 5.41) is 20.9. The van der Waals surface area contributed by atoms with Crippen LogP contribution in [0.5, 0.6) is 5.88 Å². The van der Waals surface area contributed by atoms with Crippen molar-refractivity contribution in [1.82, 2.24) is 29.7 Å². The number of rotatable bonds is 6. The van der Waals surface area contributed by atoms with E-state index in [0.717, 1.165) is 25.9 Å². The molecule has 1 aliphatic carbocycles. The first kappa shape index (κ1) is 21.1. The summed E-state index contributed by atoms with van der Waals surface area (Å²) in [6, 6.07) is 0.0488. The third kappa shape index (κ3) is 4.34. The van der Waals surface area contributed by atoms with Crippen LogP contribution in [-0.2, 0) is 11.3 Å². The Labute approximate surface area is 179 Å². The second-order valence-corrected chi connectivity index (χ2v) is 8.50. The quantitative estimate of drug-likeness (QED) is 0.565. The molecule has 2 aliphatic rings. The molecule has 2 fully saturated rings. The van der Waals surface area contributed by atoms with Crippen LogP contribution in [-0.4, -0.2) is 68.2 Å². The Morgan fingerprint density at radius 1 is 1.32 bits per heavy atom. The smallest absolute Gasteiger partial charge is 0.270 e. The predicted octanol–water partition coefficient (Wildman–Crippen LogP) is 0.195. The SMILES string of the molecule is CC(C)Cn1c(=O)c(C(=O)NC2CC2)c(O)n2ncc(/C=C/C(=O)N3CCNCC3)c12. The molecule has 166 valence electrons. The lowest BCUT2D eigenvalue weighted by molar-refractivity contribution is -0.126. The van der Waals surface area contributed by atoms with Crippen LogP contribution < -0.4 is 16.2 Å². The van der Waals surface area contributed by atoms with Crippen LogP contribution in [0.2, 0.25) is 0 Å². The first-order chi connectivity index (χ1) is 14.9. The fourth-order valence-electron chi connectivity index (χ4n) is 3.70. The molecule has 2 aromatic rings. The first-order valence-electron chi connectivity index (χ1n) is 10.7. The number of carbonyl (C=O) groups excluding carboxylic acids is 2. The fourth-order valence-corrected chi connectivity index (χ4v) is 3.70. The number of amides is 2. The van der Waals surface area contributed by atoms with E-state index in [1.807, 2.05) is 13.8 Å². The Kier molecular flexibility index (Phi) is 5.81. The predicted molar refractivity (Wildman–Crippen MR) is 115 cm³/mol. The monoisotopic (exact) mass is 428 g/mol. The zero-order valence-corrected chi connectivity index (χ0v) is 17.8. The summed E-state index contributed by atoms with van der Waals surface area (Å²) in [7, 11) is 0. The van der Waals surface area contributed by atoms with Crippen molar-refractivity contribution in [2.24, 2.45) is 5.92 Å². The van der Waals surface area contributed by atoms with Gasteiger partial charge in [0.25, 0.3) is 11.5 Å². The van der Waals surface area contributed by atoms with E-state index in [-0.39, 0.29) is 23.4 Å². The zero-order chi connectivity index (χ0) is 22.1. The van der Waals surface area contributed by atoms with Crippen molar-refractivity contribution in [3.63, 3.8) is 0 Å². The molecule has 0 unspecified atom stereocenters. The molecule has 0 aromatic carbocycles. The first-order valence-corrected chi connectivity index (χ1v) is 10.7. The molecule has 3 N–H and O–H groups in total. The highest BCUT2D eigenvalue weighted by Gasteiger charge is 2.29. The lowest BCUT2D eigenvalue weighted by Gasteiger charge is -2.26. The van der Waals surface area contributed by atoms with Crippen molar-refractivity contribution in [2.75, 3.05) is 26.2 Å². The van der Waals surface area contributed by atoms with Gasteiger partial charge >= 0.3 is 0 Å². The van der Waals surface area contributed by atoms with Crippen molar-refractivity contribution >= 4 is 23.5 Å². The highest BCUT2D eigenvalue weighted by molar-refractivity contribution is 5.97. The number of hydrogen-bond donors (Lipinski definition) is 3. The Morgan fingerprint density at radius 2 is 2.03 bits per heavy atom. The maximum absolute atomic E-state index is 13.2. The number of aromatic hydroxyl groups is 1. The van der Waals surface area contributed by atoms with E-state index in [1.54, 1.807) is 11.0 Å². The maximum atomic E-state index is 13.2. The summed E-state index contributed by atoms with van der Waals surface area (Å²) < 4.78 is 2.65. The lowest BCUT2D eigenvalue weighted by atomic mass is 10.2. The van der Waals surface area contributed by atoms with Gasteiger partial charge in [0.2, 0.25) is 11.8 Å². The third-order valence-corrected chi connectivity index (χ3v) is 5.43. The number of piperazine rings is 1. The molecule has 1 saturated carbocycles. The zero-order valence-electron chi connectivity index (χ0n) is 17.8. The maximum Gasteiger partial charge on any atom is 0.270 e. The molecule has 3 heterocycles.